The largest absolute Gasteiger partial charge is 0.506 e. The Bertz CT molecular complexity index is 1080. The first-order chi connectivity index (χ1) is 15.0. The summed E-state index contributed by atoms with van der Waals surface area (Å²) in [7, 11) is 0. The standard InChI is InChI=1S/C24H27NO7/c1-22(7-6-17(28)25-18-14(26)4-3-13(19(18)29)21(30)31)16(27)5-8-24-10-12-9-15(20(22)24)32-23(12,2)11-24/h3-5,8,12,15,20,26,29H,6-7,9-11H2,1-2H3,(H,25,28)(H,30,31)/t12?,15?,20?,22-,23+,24?/m1/s1. The number of amides is 1. The second-order valence-corrected chi connectivity index (χ2v) is 10.3. The average Bonchev–Trinajstić information content (AvgIpc) is 3.08. The van der Waals surface area contributed by atoms with E-state index in [1.165, 1.54) is 0 Å². The Kier molecular flexibility index (Phi) is 4.31. The van der Waals surface area contributed by atoms with Gasteiger partial charge in [0.2, 0.25) is 5.91 Å². The quantitative estimate of drug-likeness (QED) is 0.516. The molecule has 32 heavy (non-hydrogen) atoms. The van der Waals surface area contributed by atoms with Gasteiger partial charge in [0.05, 0.1) is 11.7 Å². The average molecular weight is 441 g/mol. The van der Waals surface area contributed by atoms with Crippen LogP contribution in [0.1, 0.15) is 56.3 Å². The molecule has 1 spiro atoms. The molecule has 6 atom stereocenters. The van der Waals surface area contributed by atoms with E-state index in [1.807, 2.05) is 6.92 Å². The van der Waals surface area contributed by atoms with Crippen LogP contribution in [0.2, 0.25) is 0 Å². The number of rotatable bonds is 5. The van der Waals surface area contributed by atoms with Crippen LogP contribution in [0.3, 0.4) is 0 Å². The molecular formula is C24H27NO7. The number of ketones is 1. The molecule has 8 heteroatoms. The minimum atomic E-state index is -1.38. The maximum Gasteiger partial charge on any atom is 0.339 e. The van der Waals surface area contributed by atoms with Crippen LogP contribution in [0.5, 0.6) is 11.5 Å². The van der Waals surface area contributed by atoms with Crippen molar-refractivity contribution in [1.29, 1.82) is 0 Å². The van der Waals surface area contributed by atoms with Crippen LogP contribution in [0.15, 0.2) is 24.3 Å². The number of carboxylic acid groups (broad SMARTS) is 1. The third-order valence-corrected chi connectivity index (χ3v) is 8.44. The number of aromatic carboxylic acids is 1. The van der Waals surface area contributed by atoms with Crippen LogP contribution in [0.4, 0.5) is 5.69 Å². The van der Waals surface area contributed by atoms with Crippen molar-refractivity contribution in [2.24, 2.45) is 22.7 Å². The van der Waals surface area contributed by atoms with Gasteiger partial charge < -0.3 is 25.4 Å². The van der Waals surface area contributed by atoms with Crippen molar-refractivity contribution in [1.82, 2.24) is 0 Å². The second kappa shape index (κ2) is 6.57. The Morgan fingerprint density at radius 2 is 2.00 bits per heavy atom. The number of nitrogens with one attached hydrogen (secondary N) is 1. The minimum absolute atomic E-state index is 0.00395. The Morgan fingerprint density at radius 1 is 1.25 bits per heavy atom. The second-order valence-electron chi connectivity index (χ2n) is 10.3. The van der Waals surface area contributed by atoms with Gasteiger partial charge in [-0.05, 0) is 62.1 Å². The molecule has 8 nitrogen and oxygen atoms in total. The fraction of sp³-hybridized carbons (Fsp3) is 0.542. The van der Waals surface area contributed by atoms with Crippen molar-refractivity contribution < 1.29 is 34.4 Å². The SMILES string of the molecule is C[C@]12CC34C=CC(=O)[C@@](C)(CCC(=O)Nc5c(O)ccc(C(=O)O)c5O)C3C(CC1C4)O2. The predicted octanol–water partition coefficient (Wildman–Crippen LogP) is 3.23. The van der Waals surface area contributed by atoms with E-state index in [4.69, 9.17) is 9.84 Å². The summed E-state index contributed by atoms with van der Waals surface area (Å²) in [5.41, 5.74) is -1.75. The number of carbonyl (C=O) groups is 3. The summed E-state index contributed by atoms with van der Waals surface area (Å²) in [4.78, 5) is 37.0. The van der Waals surface area contributed by atoms with Crippen molar-refractivity contribution in [3.8, 4) is 11.5 Å². The molecule has 5 aliphatic rings. The predicted molar refractivity (Wildman–Crippen MR) is 113 cm³/mol. The van der Waals surface area contributed by atoms with E-state index in [2.05, 4.69) is 18.3 Å². The van der Waals surface area contributed by atoms with E-state index < -0.39 is 34.4 Å². The van der Waals surface area contributed by atoms with Crippen LogP contribution in [0.25, 0.3) is 0 Å². The number of allylic oxidation sites excluding steroid dienone is 2. The van der Waals surface area contributed by atoms with E-state index in [9.17, 15) is 24.6 Å². The van der Waals surface area contributed by atoms with Gasteiger partial charge in [-0.1, -0.05) is 13.0 Å². The van der Waals surface area contributed by atoms with Crippen LogP contribution in [0, 0.1) is 22.7 Å². The Balaban J connectivity index is 1.36. The molecule has 3 aliphatic carbocycles. The normalized spacial score (nSPS) is 38.7. The lowest BCUT2D eigenvalue weighted by atomic mass is 9.51. The van der Waals surface area contributed by atoms with Gasteiger partial charge in [0.15, 0.2) is 11.5 Å². The number of ether oxygens (including phenoxy) is 1. The topological polar surface area (TPSA) is 133 Å². The number of phenolic OH excluding ortho intramolecular Hbond substituents is 1. The van der Waals surface area contributed by atoms with Gasteiger partial charge in [-0.25, -0.2) is 4.79 Å². The van der Waals surface area contributed by atoms with Gasteiger partial charge >= 0.3 is 5.97 Å². The molecule has 6 rings (SSSR count). The smallest absolute Gasteiger partial charge is 0.339 e. The molecule has 2 aliphatic heterocycles. The first-order valence-corrected chi connectivity index (χ1v) is 11.0. The summed E-state index contributed by atoms with van der Waals surface area (Å²) >= 11 is 0. The van der Waals surface area contributed by atoms with Crippen LogP contribution >= 0.6 is 0 Å². The van der Waals surface area contributed by atoms with Crippen molar-refractivity contribution >= 4 is 23.3 Å². The summed E-state index contributed by atoms with van der Waals surface area (Å²) in [6.45, 7) is 4.08. The molecule has 170 valence electrons. The first kappa shape index (κ1) is 21.0. The van der Waals surface area contributed by atoms with Crippen LogP contribution in [-0.2, 0) is 14.3 Å². The maximum absolute atomic E-state index is 13.1. The lowest BCUT2D eigenvalue weighted by Crippen LogP contribution is -2.56. The molecule has 4 fully saturated rings. The molecule has 4 N–H and O–H groups in total. The number of carboxylic acids is 1. The van der Waals surface area contributed by atoms with Gasteiger partial charge in [0.25, 0.3) is 0 Å². The van der Waals surface area contributed by atoms with Crippen LogP contribution < -0.4 is 5.32 Å². The monoisotopic (exact) mass is 441 g/mol. The van der Waals surface area contributed by atoms with Gasteiger partial charge in [0, 0.05) is 17.8 Å². The molecule has 4 unspecified atom stereocenters. The summed E-state index contributed by atoms with van der Waals surface area (Å²) in [6, 6.07) is 2.16. The first-order valence-electron chi connectivity index (χ1n) is 11.0. The third-order valence-electron chi connectivity index (χ3n) is 8.44. The number of benzene rings is 1. The van der Waals surface area contributed by atoms with E-state index in [0.717, 1.165) is 31.4 Å². The molecule has 1 aromatic rings. The van der Waals surface area contributed by atoms with E-state index in [0.29, 0.717) is 5.92 Å². The van der Waals surface area contributed by atoms with Crippen LogP contribution in [-0.4, -0.2) is 44.7 Å². The summed E-state index contributed by atoms with van der Waals surface area (Å²) < 4.78 is 6.41. The zero-order valence-corrected chi connectivity index (χ0v) is 18.1. The zero-order valence-electron chi connectivity index (χ0n) is 18.1. The zero-order chi connectivity index (χ0) is 23.1. The van der Waals surface area contributed by atoms with Gasteiger partial charge in [-0.3, -0.25) is 9.59 Å². The van der Waals surface area contributed by atoms with E-state index in [-0.39, 0.29) is 47.4 Å². The summed E-state index contributed by atoms with van der Waals surface area (Å²) in [5, 5.41) is 31.7. The van der Waals surface area contributed by atoms with Crippen molar-refractivity contribution in [2.75, 3.05) is 5.32 Å². The number of hydrogen-bond donors (Lipinski definition) is 4. The lowest BCUT2D eigenvalue weighted by molar-refractivity contribution is -0.169. The Hall–Kier alpha value is -2.87. The molecule has 0 aromatic heterocycles. The molecule has 2 heterocycles. The molecular weight excluding hydrogens is 414 g/mol. The molecule has 2 saturated heterocycles. The van der Waals surface area contributed by atoms with Gasteiger partial charge in [-0.15, -0.1) is 0 Å². The number of hydrogen-bond acceptors (Lipinski definition) is 6. The summed E-state index contributed by atoms with van der Waals surface area (Å²) in [6.07, 6.45) is 6.86. The molecule has 1 amide bonds. The van der Waals surface area contributed by atoms with Gasteiger partial charge in [-0.2, -0.15) is 0 Å². The van der Waals surface area contributed by atoms with Crippen molar-refractivity contribution in [2.45, 2.75) is 57.7 Å². The van der Waals surface area contributed by atoms with Crippen molar-refractivity contribution in [3.63, 3.8) is 0 Å². The molecule has 0 radical (unpaired) electrons. The number of anilines is 1. The fourth-order valence-electron chi connectivity index (χ4n) is 7.09. The van der Waals surface area contributed by atoms with E-state index in [1.54, 1.807) is 6.08 Å². The highest BCUT2D eigenvalue weighted by Gasteiger charge is 2.71. The maximum atomic E-state index is 13.1. The minimum Gasteiger partial charge on any atom is -0.506 e. The highest BCUT2D eigenvalue weighted by molar-refractivity contribution is 6.00. The third kappa shape index (κ3) is 2.75. The molecule has 1 aromatic carbocycles. The van der Waals surface area contributed by atoms with E-state index >= 15 is 0 Å². The molecule has 2 saturated carbocycles. The highest BCUT2D eigenvalue weighted by atomic mass is 16.5. The fourth-order valence-corrected chi connectivity index (χ4v) is 7.09. The lowest BCUT2D eigenvalue weighted by Gasteiger charge is -2.55. The number of carbonyl (C=O) groups excluding carboxylic acids is 2. The Morgan fingerprint density at radius 3 is 2.69 bits per heavy atom. The number of aromatic hydroxyl groups is 2. The Labute approximate surface area is 185 Å². The van der Waals surface area contributed by atoms with Gasteiger partial charge in [0.1, 0.15) is 17.0 Å². The highest BCUT2D eigenvalue weighted by Crippen LogP contribution is 2.71. The van der Waals surface area contributed by atoms with Crippen molar-refractivity contribution in [3.05, 3.63) is 29.8 Å². The molecule has 4 bridgehead atoms. The summed E-state index contributed by atoms with van der Waals surface area (Å²) in [5.74, 6) is -2.55. The number of phenols is 2.